The average molecular weight is 433 g/mol. The molecular weight excluding hydrogens is 412 g/mol. The molecule has 0 aliphatic carbocycles. The van der Waals surface area contributed by atoms with Crippen LogP contribution in [-0.4, -0.2) is 31.8 Å². The van der Waals surface area contributed by atoms with Crippen LogP contribution in [0.5, 0.6) is 5.75 Å². The number of carbonyl (C=O) groups excluding carboxylic acids is 1. The number of ether oxygens (including phenoxy) is 1. The van der Waals surface area contributed by atoms with Crippen LogP contribution in [0.1, 0.15) is 16.8 Å². The number of aromatic nitrogens is 3. The highest BCUT2D eigenvalue weighted by molar-refractivity contribution is 6.30. The third kappa shape index (κ3) is 3.82. The normalized spacial score (nSPS) is 12.8. The van der Waals surface area contributed by atoms with E-state index in [1.54, 1.807) is 29.2 Å². The SMILES string of the molecule is Cc1cccc(-n2nc3c(c2-n2cccc2)CN(C(=O)COc2ccc(Cl)cc2)C3)c1. The molecule has 0 spiro atoms. The van der Waals surface area contributed by atoms with Crippen molar-refractivity contribution in [1.82, 2.24) is 19.2 Å². The summed E-state index contributed by atoms with van der Waals surface area (Å²) in [6, 6.07) is 19.2. The van der Waals surface area contributed by atoms with Crippen LogP contribution in [0.3, 0.4) is 0 Å². The topological polar surface area (TPSA) is 52.3 Å². The van der Waals surface area contributed by atoms with Crippen molar-refractivity contribution < 1.29 is 9.53 Å². The minimum absolute atomic E-state index is 0.0252. The van der Waals surface area contributed by atoms with E-state index in [1.165, 1.54) is 5.56 Å². The fraction of sp³-hybridized carbons (Fsp3) is 0.167. The van der Waals surface area contributed by atoms with E-state index in [-0.39, 0.29) is 12.5 Å². The van der Waals surface area contributed by atoms with Crippen LogP contribution in [0.25, 0.3) is 11.5 Å². The maximum absolute atomic E-state index is 12.8. The molecule has 0 N–H and O–H groups in total. The van der Waals surface area contributed by atoms with Crippen molar-refractivity contribution in [2.75, 3.05) is 6.61 Å². The first-order valence-corrected chi connectivity index (χ1v) is 10.4. The minimum Gasteiger partial charge on any atom is -0.484 e. The molecule has 2 aromatic heterocycles. The Bertz CT molecular complexity index is 1230. The summed E-state index contributed by atoms with van der Waals surface area (Å²) in [6.45, 7) is 3.00. The summed E-state index contributed by atoms with van der Waals surface area (Å²) in [5.74, 6) is 1.50. The van der Waals surface area contributed by atoms with Gasteiger partial charge in [0.1, 0.15) is 11.6 Å². The first-order valence-electron chi connectivity index (χ1n) is 10.1. The van der Waals surface area contributed by atoms with Gasteiger partial charge in [0.15, 0.2) is 6.61 Å². The summed E-state index contributed by atoms with van der Waals surface area (Å²) < 4.78 is 9.65. The number of aryl methyl sites for hydroxylation is 1. The standard InChI is InChI=1S/C24H21ClN4O2/c1-17-5-4-6-19(13-17)29-24(27-11-2-3-12-27)21-14-28(15-22(21)26-29)23(30)16-31-20-9-7-18(25)8-10-20/h2-13H,14-16H2,1H3. The lowest BCUT2D eigenvalue weighted by atomic mass is 10.2. The third-order valence-electron chi connectivity index (χ3n) is 5.35. The Morgan fingerprint density at radius 3 is 2.58 bits per heavy atom. The zero-order valence-electron chi connectivity index (χ0n) is 17.0. The second-order valence-electron chi connectivity index (χ2n) is 7.58. The Morgan fingerprint density at radius 2 is 1.84 bits per heavy atom. The number of nitrogens with zero attached hydrogens (tertiary/aromatic N) is 4. The molecule has 7 heteroatoms. The van der Waals surface area contributed by atoms with Crippen LogP contribution < -0.4 is 4.74 Å². The molecule has 0 atom stereocenters. The molecule has 5 rings (SSSR count). The minimum atomic E-state index is -0.0755. The fourth-order valence-corrected chi connectivity index (χ4v) is 3.95. The third-order valence-corrected chi connectivity index (χ3v) is 5.61. The average Bonchev–Trinajstić information content (AvgIpc) is 3.49. The summed E-state index contributed by atoms with van der Waals surface area (Å²) in [7, 11) is 0. The van der Waals surface area contributed by atoms with Gasteiger partial charge in [-0.3, -0.25) is 4.79 Å². The molecule has 1 aliphatic rings. The summed E-state index contributed by atoms with van der Waals surface area (Å²) in [6.07, 6.45) is 4.00. The van der Waals surface area contributed by atoms with Crippen molar-refractivity contribution in [3.8, 4) is 17.3 Å². The summed E-state index contributed by atoms with van der Waals surface area (Å²) in [5.41, 5.74) is 4.13. The van der Waals surface area contributed by atoms with E-state index in [0.29, 0.717) is 23.9 Å². The molecule has 31 heavy (non-hydrogen) atoms. The fourth-order valence-electron chi connectivity index (χ4n) is 3.83. The zero-order chi connectivity index (χ0) is 21.4. The van der Waals surface area contributed by atoms with E-state index in [0.717, 1.165) is 22.8 Å². The van der Waals surface area contributed by atoms with Crippen LogP contribution in [0, 0.1) is 6.92 Å². The van der Waals surface area contributed by atoms with Gasteiger partial charge in [-0.25, -0.2) is 4.68 Å². The highest BCUT2D eigenvalue weighted by Crippen LogP contribution is 2.30. The van der Waals surface area contributed by atoms with Crippen molar-refractivity contribution in [2.45, 2.75) is 20.0 Å². The van der Waals surface area contributed by atoms with Crippen molar-refractivity contribution in [3.63, 3.8) is 0 Å². The van der Waals surface area contributed by atoms with Gasteiger partial charge in [-0.1, -0.05) is 23.7 Å². The highest BCUT2D eigenvalue weighted by atomic mass is 35.5. The molecule has 156 valence electrons. The van der Waals surface area contributed by atoms with E-state index < -0.39 is 0 Å². The molecule has 6 nitrogen and oxygen atoms in total. The van der Waals surface area contributed by atoms with Gasteiger partial charge in [0, 0.05) is 23.0 Å². The second-order valence-corrected chi connectivity index (χ2v) is 8.02. The Kier molecular flexibility index (Phi) is 5.00. The van der Waals surface area contributed by atoms with Gasteiger partial charge in [0.2, 0.25) is 0 Å². The van der Waals surface area contributed by atoms with Gasteiger partial charge in [0.25, 0.3) is 5.91 Å². The predicted molar refractivity (Wildman–Crippen MR) is 119 cm³/mol. The van der Waals surface area contributed by atoms with Gasteiger partial charge in [-0.15, -0.1) is 0 Å². The number of benzene rings is 2. The quantitative estimate of drug-likeness (QED) is 0.465. The van der Waals surface area contributed by atoms with E-state index >= 15 is 0 Å². The van der Waals surface area contributed by atoms with E-state index in [1.807, 2.05) is 45.9 Å². The van der Waals surface area contributed by atoms with E-state index in [2.05, 4.69) is 19.1 Å². The Hall–Kier alpha value is -3.51. The Morgan fingerprint density at radius 1 is 1.06 bits per heavy atom. The largest absolute Gasteiger partial charge is 0.484 e. The first kappa shape index (κ1) is 19.5. The van der Waals surface area contributed by atoms with Crippen molar-refractivity contribution in [2.24, 2.45) is 0 Å². The van der Waals surface area contributed by atoms with Crippen molar-refractivity contribution in [3.05, 3.63) is 94.9 Å². The van der Waals surface area contributed by atoms with E-state index in [9.17, 15) is 4.79 Å². The zero-order valence-corrected chi connectivity index (χ0v) is 17.8. The van der Waals surface area contributed by atoms with Crippen LogP contribution >= 0.6 is 11.6 Å². The smallest absolute Gasteiger partial charge is 0.261 e. The number of halogens is 1. The molecule has 0 fully saturated rings. The van der Waals surface area contributed by atoms with E-state index in [4.69, 9.17) is 21.4 Å². The van der Waals surface area contributed by atoms with Gasteiger partial charge >= 0.3 is 0 Å². The second kappa shape index (κ2) is 7.96. The lowest BCUT2D eigenvalue weighted by molar-refractivity contribution is -0.134. The van der Waals surface area contributed by atoms with Crippen LogP contribution in [0.4, 0.5) is 0 Å². The maximum atomic E-state index is 12.8. The van der Waals surface area contributed by atoms with Gasteiger partial charge in [0.05, 0.1) is 24.5 Å². The van der Waals surface area contributed by atoms with Crippen LogP contribution in [0.2, 0.25) is 5.02 Å². The lowest BCUT2D eigenvalue weighted by Crippen LogP contribution is -2.31. The Labute approximate surface area is 185 Å². The van der Waals surface area contributed by atoms with Gasteiger partial charge in [-0.05, 0) is 61.0 Å². The number of rotatable bonds is 5. The number of carbonyl (C=O) groups is 1. The Balaban J connectivity index is 1.39. The number of hydrogen-bond donors (Lipinski definition) is 0. The molecule has 3 heterocycles. The number of amides is 1. The number of hydrogen-bond acceptors (Lipinski definition) is 3. The number of fused-ring (bicyclic) bond motifs is 1. The molecule has 0 saturated carbocycles. The molecule has 1 aliphatic heterocycles. The molecule has 1 amide bonds. The summed E-state index contributed by atoms with van der Waals surface area (Å²) >= 11 is 5.90. The maximum Gasteiger partial charge on any atom is 0.261 e. The van der Waals surface area contributed by atoms with Crippen LogP contribution in [-0.2, 0) is 17.9 Å². The molecular formula is C24H21ClN4O2. The molecule has 4 aromatic rings. The molecule has 0 unspecified atom stereocenters. The van der Waals surface area contributed by atoms with Gasteiger partial charge in [-0.2, -0.15) is 5.10 Å². The first-order chi connectivity index (χ1) is 15.1. The molecule has 0 saturated heterocycles. The van der Waals surface area contributed by atoms with Crippen molar-refractivity contribution >= 4 is 17.5 Å². The van der Waals surface area contributed by atoms with Crippen LogP contribution in [0.15, 0.2) is 73.1 Å². The molecule has 0 bridgehead atoms. The lowest BCUT2D eigenvalue weighted by Gasteiger charge is -2.18. The summed E-state index contributed by atoms with van der Waals surface area (Å²) in [5, 5.41) is 5.50. The summed E-state index contributed by atoms with van der Waals surface area (Å²) in [4.78, 5) is 14.6. The highest BCUT2D eigenvalue weighted by Gasteiger charge is 2.31. The monoisotopic (exact) mass is 432 g/mol. The predicted octanol–water partition coefficient (Wildman–Crippen LogP) is 4.55. The molecule has 2 aromatic carbocycles. The molecule has 0 radical (unpaired) electrons. The van der Waals surface area contributed by atoms with Crippen molar-refractivity contribution in [1.29, 1.82) is 0 Å². The van der Waals surface area contributed by atoms with Gasteiger partial charge < -0.3 is 14.2 Å².